The van der Waals surface area contributed by atoms with Crippen LogP contribution < -0.4 is 5.32 Å². The van der Waals surface area contributed by atoms with Crippen LogP contribution >= 0.6 is 11.3 Å². The number of hydrogen-bond acceptors (Lipinski definition) is 3. The number of aliphatic hydroxyl groups is 1. The van der Waals surface area contributed by atoms with Gasteiger partial charge in [0.1, 0.15) is 0 Å². The first kappa shape index (κ1) is 16.7. The average molecular weight is 317 g/mol. The van der Waals surface area contributed by atoms with Crippen LogP contribution in [0.5, 0.6) is 0 Å². The van der Waals surface area contributed by atoms with E-state index in [4.69, 9.17) is 5.11 Å². The van der Waals surface area contributed by atoms with Crippen molar-refractivity contribution < 1.29 is 9.90 Å². The van der Waals surface area contributed by atoms with E-state index in [-0.39, 0.29) is 24.5 Å². The summed E-state index contributed by atoms with van der Waals surface area (Å²) in [5.74, 6) is 0.0131. The largest absolute Gasteiger partial charge is 0.396 e. The Hall–Kier alpha value is -1.65. The van der Waals surface area contributed by atoms with Gasteiger partial charge < -0.3 is 10.4 Å². The Morgan fingerprint density at radius 3 is 2.64 bits per heavy atom. The summed E-state index contributed by atoms with van der Waals surface area (Å²) < 4.78 is 0. The second-order valence-corrected chi connectivity index (χ2v) is 6.55. The molecule has 2 N–H and O–H groups in total. The second-order valence-electron chi connectivity index (χ2n) is 5.52. The van der Waals surface area contributed by atoms with Gasteiger partial charge in [-0.15, -0.1) is 11.3 Å². The van der Waals surface area contributed by atoms with Crippen LogP contribution in [0, 0.1) is 5.92 Å². The third kappa shape index (κ3) is 4.97. The van der Waals surface area contributed by atoms with E-state index < -0.39 is 0 Å². The molecule has 0 aliphatic heterocycles. The molecule has 1 amide bonds. The van der Waals surface area contributed by atoms with Crippen LogP contribution in [0.2, 0.25) is 0 Å². The lowest BCUT2D eigenvalue weighted by Gasteiger charge is -2.21. The van der Waals surface area contributed by atoms with Crippen LogP contribution in [0.15, 0.2) is 47.8 Å². The van der Waals surface area contributed by atoms with Crippen molar-refractivity contribution in [3.63, 3.8) is 0 Å². The van der Waals surface area contributed by atoms with Gasteiger partial charge in [-0.2, -0.15) is 0 Å². The molecule has 0 saturated carbocycles. The van der Waals surface area contributed by atoms with Crippen molar-refractivity contribution in [1.82, 2.24) is 5.32 Å². The molecule has 1 aromatic heterocycles. The smallest absolute Gasteiger partial charge is 0.223 e. The highest BCUT2D eigenvalue weighted by Crippen LogP contribution is 2.20. The van der Waals surface area contributed by atoms with Gasteiger partial charge in [0.15, 0.2) is 0 Å². The van der Waals surface area contributed by atoms with Gasteiger partial charge >= 0.3 is 0 Å². The van der Waals surface area contributed by atoms with E-state index in [0.717, 1.165) is 18.4 Å². The average Bonchev–Trinajstić information content (AvgIpc) is 3.05. The molecule has 2 rings (SSSR count). The highest BCUT2D eigenvalue weighted by molar-refractivity contribution is 7.09. The summed E-state index contributed by atoms with van der Waals surface area (Å²) in [6, 6.07) is 14.0. The zero-order valence-corrected chi connectivity index (χ0v) is 13.7. The minimum atomic E-state index is -0.0565. The number of carbonyl (C=O) groups excluding carboxylic acids is 1. The standard InChI is InChI=1S/C18H23NO2S/c1-14(13-16-9-6-12-22-16)18(21)19-17(10-5-11-20)15-7-3-2-4-8-15/h2-4,6-9,12,14,17,20H,5,10-11,13H2,1H3,(H,19,21). The number of nitrogens with one attached hydrogen (secondary N) is 1. The Labute approximate surface area is 136 Å². The fourth-order valence-electron chi connectivity index (χ4n) is 2.44. The minimum absolute atomic E-state index is 0.0355. The molecule has 0 aliphatic rings. The van der Waals surface area contributed by atoms with Crippen LogP contribution in [0.4, 0.5) is 0 Å². The van der Waals surface area contributed by atoms with Crippen molar-refractivity contribution in [2.24, 2.45) is 5.92 Å². The van der Waals surface area contributed by atoms with Crippen molar-refractivity contribution in [3.8, 4) is 0 Å². The maximum Gasteiger partial charge on any atom is 0.223 e. The first-order valence-electron chi connectivity index (χ1n) is 7.69. The molecule has 0 fully saturated rings. The van der Waals surface area contributed by atoms with Gasteiger partial charge in [0.25, 0.3) is 0 Å². The lowest BCUT2D eigenvalue weighted by Crippen LogP contribution is -2.33. The van der Waals surface area contributed by atoms with Crippen molar-refractivity contribution in [2.75, 3.05) is 6.61 Å². The summed E-state index contributed by atoms with van der Waals surface area (Å²) in [6.45, 7) is 2.10. The van der Waals surface area contributed by atoms with Gasteiger partial charge in [-0.05, 0) is 36.3 Å². The number of carbonyl (C=O) groups is 1. The van der Waals surface area contributed by atoms with E-state index in [9.17, 15) is 4.79 Å². The Kier molecular flexibility index (Phi) is 6.62. The van der Waals surface area contributed by atoms with Crippen molar-refractivity contribution in [3.05, 3.63) is 58.3 Å². The maximum absolute atomic E-state index is 12.4. The molecule has 22 heavy (non-hydrogen) atoms. The molecule has 0 radical (unpaired) electrons. The van der Waals surface area contributed by atoms with Gasteiger partial charge in [0.2, 0.25) is 5.91 Å². The molecule has 0 saturated heterocycles. The molecule has 2 aromatic rings. The molecule has 4 heteroatoms. The molecule has 0 aliphatic carbocycles. The SMILES string of the molecule is CC(Cc1cccs1)C(=O)NC(CCCO)c1ccccc1. The van der Waals surface area contributed by atoms with E-state index >= 15 is 0 Å². The summed E-state index contributed by atoms with van der Waals surface area (Å²) in [5, 5.41) is 14.2. The number of aliphatic hydroxyl groups excluding tert-OH is 1. The van der Waals surface area contributed by atoms with Gasteiger partial charge in [0, 0.05) is 17.4 Å². The molecular weight excluding hydrogens is 294 g/mol. The molecule has 118 valence electrons. The predicted molar refractivity (Wildman–Crippen MR) is 90.8 cm³/mol. The molecule has 0 spiro atoms. The molecule has 2 unspecified atom stereocenters. The summed E-state index contributed by atoms with van der Waals surface area (Å²) in [7, 11) is 0. The zero-order chi connectivity index (χ0) is 15.8. The van der Waals surface area contributed by atoms with Gasteiger partial charge in [-0.3, -0.25) is 4.79 Å². The van der Waals surface area contributed by atoms with Crippen LogP contribution in [0.25, 0.3) is 0 Å². The van der Waals surface area contributed by atoms with Crippen molar-refractivity contribution >= 4 is 17.2 Å². The van der Waals surface area contributed by atoms with Crippen molar-refractivity contribution in [1.29, 1.82) is 0 Å². The molecular formula is C18H23NO2S. The van der Waals surface area contributed by atoms with Gasteiger partial charge in [-0.1, -0.05) is 43.3 Å². The van der Waals surface area contributed by atoms with E-state index in [0.29, 0.717) is 6.42 Å². The van der Waals surface area contributed by atoms with Crippen LogP contribution in [-0.4, -0.2) is 17.6 Å². The fourth-order valence-corrected chi connectivity index (χ4v) is 3.28. The van der Waals surface area contributed by atoms with Crippen LogP contribution in [-0.2, 0) is 11.2 Å². The van der Waals surface area contributed by atoms with E-state index in [1.54, 1.807) is 11.3 Å². The Balaban J connectivity index is 1.98. The fraction of sp³-hybridized carbons (Fsp3) is 0.389. The molecule has 3 nitrogen and oxygen atoms in total. The van der Waals surface area contributed by atoms with E-state index in [1.807, 2.05) is 48.7 Å². The number of thiophene rings is 1. The highest BCUT2D eigenvalue weighted by Gasteiger charge is 2.19. The first-order valence-corrected chi connectivity index (χ1v) is 8.57. The number of rotatable bonds is 8. The maximum atomic E-state index is 12.4. The summed E-state index contributed by atoms with van der Waals surface area (Å²) in [4.78, 5) is 13.7. The van der Waals surface area contributed by atoms with Crippen LogP contribution in [0.1, 0.15) is 36.2 Å². The summed E-state index contributed by atoms with van der Waals surface area (Å²) in [6.07, 6.45) is 2.20. The topological polar surface area (TPSA) is 49.3 Å². The second kappa shape index (κ2) is 8.71. The summed E-state index contributed by atoms with van der Waals surface area (Å²) >= 11 is 1.68. The highest BCUT2D eigenvalue weighted by atomic mass is 32.1. The Bertz CT molecular complexity index is 554. The molecule has 1 heterocycles. The molecule has 2 atom stereocenters. The Morgan fingerprint density at radius 2 is 2.00 bits per heavy atom. The zero-order valence-electron chi connectivity index (χ0n) is 12.9. The van der Waals surface area contributed by atoms with Gasteiger partial charge in [0.05, 0.1) is 6.04 Å². The first-order chi connectivity index (χ1) is 10.7. The summed E-state index contributed by atoms with van der Waals surface area (Å²) in [5.41, 5.74) is 1.09. The monoisotopic (exact) mass is 317 g/mol. The van der Waals surface area contributed by atoms with Gasteiger partial charge in [-0.25, -0.2) is 0 Å². The molecule has 1 aromatic carbocycles. The van der Waals surface area contributed by atoms with Crippen LogP contribution in [0.3, 0.4) is 0 Å². The lowest BCUT2D eigenvalue weighted by atomic mass is 10.00. The normalized spacial score (nSPS) is 13.5. The molecule has 0 bridgehead atoms. The third-order valence-electron chi connectivity index (χ3n) is 3.70. The third-order valence-corrected chi connectivity index (χ3v) is 4.60. The number of hydrogen-bond donors (Lipinski definition) is 2. The van der Waals surface area contributed by atoms with E-state index in [1.165, 1.54) is 4.88 Å². The quantitative estimate of drug-likeness (QED) is 0.782. The van der Waals surface area contributed by atoms with Crippen molar-refractivity contribution in [2.45, 2.75) is 32.2 Å². The van der Waals surface area contributed by atoms with E-state index in [2.05, 4.69) is 11.4 Å². The lowest BCUT2D eigenvalue weighted by molar-refractivity contribution is -0.125. The Morgan fingerprint density at radius 1 is 1.23 bits per heavy atom. The number of amides is 1. The number of benzene rings is 1. The minimum Gasteiger partial charge on any atom is -0.396 e. The predicted octanol–water partition coefficient (Wildman–Crippen LogP) is 3.56.